The van der Waals surface area contributed by atoms with Gasteiger partial charge < -0.3 is 4.57 Å². The fourth-order valence-corrected chi connectivity index (χ4v) is 2.73. The van der Waals surface area contributed by atoms with Gasteiger partial charge in [0.25, 0.3) is 5.56 Å². The molecule has 0 aliphatic carbocycles. The van der Waals surface area contributed by atoms with Crippen LogP contribution in [-0.4, -0.2) is 10.4 Å². The Morgan fingerprint density at radius 3 is 2.22 bits per heavy atom. The van der Waals surface area contributed by atoms with Gasteiger partial charge in [-0.3, -0.25) is 9.59 Å². The molecule has 3 nitrogen and oxygen atoms in total. The van der Waals surface area contributed by atoms with E-state index < -0.39 is 0 Å². The minimum Gasteiger partial charge on any atom is -0.311 e. The number of benzene rings is 2. The zero-order valence-corrected chi connectivity index (χ0v) is 14.1. The lowest BCUT2D eigenvalue weighted by atomic mass is 10.0. The molecule has 0 saturated carbocycles. The van der Waals surface area contributed by atoms with Gasteiger partial charge in [0.15, 0.2) is 5.78 Å². The maximum absolute atomic E-state index is 12.6. The fourth-order valence-electron chi connectivity index (χ4n) is 2.46. The maximum Gasteiger partial charge on any atom is 0.262 e. The zero-order valence-electron chi connectivity index (χ0n) is 12.5. The predicted molar refractivity (Wildman–Crippen MR) is 94.7 cm³/mol. The average molecular weight is 368 g/mol. The number of pyridine rings is 1. The van der Waals surface area contributed by atoms with Gasteiger partial charge in [0.1, 0.15) is 0 Å². The Morgan fingerprint density at radius 2 is 1.57 bits per heavy atom. The Morgan fingerprint density at radius 1 is 0.913 bits per heavy atom. The van der Waals surface area contributed by atoms with Crippen LogP contribution in [0, 0.1) is 0 Å². The molecule has 0 spiro atoms. The maximum atomic E-state index is 12.6. The van der Waals surface area contributed by atoms with Crippen molar-refractivity contribution in [3.8, 4) is 11.3 Å². The highest BCUT2D eigenvalue weighted by Gasteiger charge is 2.15. The first kappa shape index (κ1) is 15.4. The lowest BCUT2D eigenvalue weighted by Gasteiger charge is -2.10. The fraction of sp³-hybridized carbons (Fsp3) is 0.0526. The lowest BCUT2D eigenvalue weighted by molar-refractivity contribution is 0.103. The van der Waals surface area contributed by atoms with E-state index in [1.165, 1.54) is 4.57 Å². The predicted octanol–water partition coefficient (Wildman–Crippen LogP) is 4.05. The zero-order chi connectivity index (χ0) is 16.4. The number of ketones is 1. The number of hydrogen-bond donors (Lipinski definition) is 0. The summed E-state index contributed by atoms with van der Waals surface area (Å²) >= 11 is 3.34. The van der Waals surface area contributed by atoms with E-state index in [0.29, 0.717) is 5.56 Å². The minimum absolute atomic E-state index is 0.175. The van der Waals surface area contributed by atoms with Crippen molar-refractivity contribution in [1.82, 2.24) is 4.57 Å². The minimum atomic E-state index is -0.292. The highest BCUT2D eigenvalue weighted by atomic mass is 79.9. The first-order valence-electron chi connectivity index (χ1n) is 7.13. The van der Waals surface area contributed by atoms with Gasteiger partial charge in [0, 0.05) is 17.1 Å². The van der Waals surface area contributed by atoms with E-state index in [1.807, 2.05) is 36.4 Å². The summed E-state index contributed by atoms with van der Waals surface area (Å²) in [6, 6.07) is 20.0. The van der Waals surface area contributed by atoms with Crippen LogP contribution in [0.2, 0.25) is 0 Å². The number of hydrogen-bond acceptors (Lipinski definition) is 2. The van der Waals surface area contributed by atoms with E-state index in [4.69, 9.17) is 0 Å². The molecule has 23 heavy (non-hydrogen) atoms. The van der Waals surface area contributed by atoms with Gasteiger partial charge in [0.2, 0.25) is 0 Å². The molecule has 0 fully saturated rings. The van der Waals surface area contributed by atoms with Crippen molar-refractivity contribution >= 4 is 21.7 Å². The Balaban J connectivity index is 2.06. The van der Waals surface area contributed by atoms with E-state index in [1.54, 1.807) is 37.4 Å². The monoisotopic (exact) mass is 367 g/mol. The molecule has 1 heterocycles. The van der Waals surface area contributed by atoms with Crippen LogP contribution in [0.15, 0.2) is 76.0 Å². The second-order valence-corrected chi connectivity index (χ2v) is 6.11. The molecule has 1 aromatic heterocycles. The molecule has 3 aromatic rings. The molecular weight excluding hydrogens is 354 g/mol. The van der Waals surface area contributed by atoms with Crippen LogP contribution >= 0.6 is 15.9 Å². The van der Waals surface area contributed by atoms with Crippen molar-refractivity contribution in [3.63, 3.8) is 0 Å². The molecule has 0 aliphatic rings. The Kier molecular flexibility index (Phi) is 4.26. The summed E-state index contributed by atoms with van der Waals surface area (Å²) < 4.78 is 2.41. The van der Waals surface area contributed by atoms with Crippen molar-refractivity contribution < 1.29 is 4.79 Å². The topological polar surface area (TPSA) is 39.1 Å². The van der Waals surface area contributed by atoms with Crippen LogP contribution in [-0.2, 0) is 7.05 Å². The molecule has 114 valence electrons. The largest absolute Gasteiger partial charge is 0.311 e. The second-order valence-electron chi connectivity index (χ2n) is 5.20. The van der Waals surface area contributed by atoms with Crippen molar-refractivity contribution in [2.24, 2.45) is 7.05 Å². The van der Waals surface area contributed by atoms with E-state index in [-0.39, 0.29) is 16.9 Å². The molecule has 0 amide bonds. The molecule has 2 aromatic carbocycles. The number of nitrogens with zero attached hydrogens (tertiary/aromatic N) is 1. The summed E-state index contributed by atoms with van der Waals surface area (Å²) in [6.07, 6.45) is 0. The quantitative estimate of drug-likeness (QED) is 0.655. The third kappa shape index (κ3) is 3.03. The van der Waals surface area contributed by atoms with Crippen LogP contribution in [0.1, 0.15) is 15.9 Å². The molecule has 0 saturated heterocycles. The Labute approximate surface area is 142 Å². The molecule has 0 bridgehead atoms. The number of rotatable bonds is 3. The van der Waals surface area contributed by atoms with Gasteiger partial charge in [-0.05, 0) is 42.0 Å². The number of carbonyl (C=O) groups is 1. The highest BCUT2D eigenvalue weighted by molar-refractivity contribution is 9.10. The standard InChI is InChI=1S/C19H14BrNO2/c1-21-17(13-5-3-2-4-6-13)12-11-16(19(21)23)18(22)14-7-9-15(20)10-8-14/h2-12H,1H3. The van der Waals surface area contributed by atoms with Crippen molar-refractivity contribution in [1.29, 1.82) is 0 Å². The highest BCUT2D eigenvalue weighted by Crippen LogP contribution is 2.18. The van der Waals surface area contributed by atoms with Crippen LogP contribution in [0.5, 0.6) is 0 Å². The number of carbonyl (C=O) groups excluding carboxylic acids is 1. The molecular formula is C19H14BrNO2. The van der Waals surface area contributed by atoms with Crippen molar-refractivity contribution in [3.05, 3.63) is 92.7 Å². The normalized spacial score (nSPS) is 10.5. The summed E-state index contributed by atoms with van der Waals surface area (Å²) in [5, 5.41) is 0. The first-order valence-corrected chi connectivity index (χ1v) is 7.93. The molecule has 0 radical (unpaired) electrons. The van der Waals surface area contributed by atoms with Gasteiger partial charge in [-0.15, -0.1) is 0 Å². The summed E-state index contributed by atoms with van der Waals surface area (Å²) in [5.74, 6) is -0.266. The van der Waals surface area contributed by atoms with E-state index >= 15 is 0 Å². The summed E-state index contributed by atoms with van der Waals surface area (Å²) in [6.45, 7) is 0. The van der Waals surface area contributed by atoms with E-state index in [0.717, 1.165) is 15.7 Å². The van der Waals surface area contributed by atoms with Crippen LogP contribution < -0.4 is 5.56 Å². The third-order valence-corrected chi connectivity index (χ3v) is 4.25. The van der Waals surface area contributed by atoms with Gasteiger partial charge >= 0.3 is 0 Å². The molecule has 0 N–H and O–H groups in total. The summed E-state index contributed by atoms with van der Waals surface area (Å²) in [7, 11) is 1.68. The smallest absolute Gasteiger partial charge is 0.262 e. The van der Waals surface area contributed by atoms with Gasteiger partial charge in [-0.2, -0.15) is 0 Å². The summed E-state index contributed by atoms with van der Waals surface area (Å²) in [5.41, 5.74) is 2.10. The molecule has 3 rings (SSSR count). The summed E-state index contributed by atoms with van der Waals surface area (Å²) in [4.78, 5) is 25.1. The lowest BCUT2D eigenvalue weighted by Crippen LogP contribution is -2.25. The van der Waals surface area contributed by atoms with Gasteiger partial charge in [0.05, 0.1) is 11.3 Å². The molecule has 0 unspecified atom stereocenters. The Bertz CT molecular complexity index is 912. The van der Waals surface area contributed by atoms with Crippen LogP contribution in [0.25, 0.3) is 11.3 Å². The van der Waals surface area contributed by atoms with Crippen LogP contribution in [0.4, 0.5) is 0 Å². The van der Waals surface area contributed by atoms with E-state index in [2.05, 4.69) is 15.9 Å². The van der Waals surface area contributed by atoms with Crippen molar-refractivity contribution in [2.75, 3.05) is 0 Å². The first-order chi connectivity index (χ1) is 11.1. The van der Waals surface area contributed by atoms with E-state index in [9.17, 15) is 9.59 Å². The molecule has 0 atom stereocenters. The number of aromatic nitrogens is 1. The molecule has 4 heteroatoms. The van der Waals surface area contributed by atoms with Gasteiger partial charge in [-0.25, -0.2) is 0 Å². The average Bonchev–Trinajstić information content (AvgIpc) is 2.58. The number of halogens is 1. The second kappa shape index (κ2) is 6.34. The van der Waals surface area contributed by atoms with Gasteiger partial charge in [-0.1, -0.05) is 46.3 Å². The van der Waals surface area contributed by atoms with Crippen LogP contribution in [0.3, 0.4) is 0 Å². The SMILES string of the molecule is Cn1c(-c2ccccc2)ccc(C(=O)c2ccc(Br)cc2)c1=O. The van der Waals surface area contributed by atoms with Crippen molar-refractivity contribution in [2.45, 2.75) is 0 Å². The molecule has 0 aliphatic heterocycles. The third-order valence-electron chi connectivity index (χ3n) is 3.72. The Hall–Kier alpha value is -2.46.